The summed E-state index contributed by atoms with van der Waals surface area (Å²) in [5.41, 5.74) is 2.58. The Balaban J connectivity index is 1.77. The molecule has 0 radical (unpaired) electrons. The van der Waals surface area contributed by atoms with Crippen LogP contribution >= 0.6 is 11.3 Å². The molecule has 0 saturated carbocycles. The third kappa shape index (κ3) is 3.61. The smallest absolute Gasteiger partial charge is 0.229 e. The number of aromatic nitrogens is 1. The van der Waals surface area contributed by atoms with Gasteiger partial charge in [-0.2, -0.15) is 0 Å². The van der Waals surface area contributed by atoms with E-state index in [1.165, 1.54) is 17.7 Å². The van der Waals surface area contributed by atoms with E-state index in [-0.39, 0.29) is 5.91 Å². The van der Waals surface area contributed by atoms with E-state index in [4.69, 9.17) is 4.98 Å². The summed E-state index contributed by atoms with van der Waals surface area (Å²) in [6.45, 7) is 10.1. The number of hydrogen-bond acceptors (Lipinski definition) is 4. The van der Waals surface area contributed by atoms with Crippen molar-refractivity contribution < 1.29 is 4.79 Å². The number of anilines is 2. The molecule has 1 aliphatic heterocycles. The highest BCUT2D eigenvalue weighted by molar-refractivity contribution is 7.16. The standard InChI is InChI=1S/C19H25N3OS/c1-13-16(21-18(24-13)22-11-5-6-12-22)14-7-9-15(10-8-14)20-17(23)19(2,3)4/h7-10H,5-6,11-12H2,1-4H3,(H,20,23). The summed E-state index contributed by atoms with van der Waals surface area (Å²) in [6.07, 6.45) is 2.52. The van der Waals surface area contributed by atoms with Crippen LogP contribution < -0.4 is 10.2 Å². The maximum absolute atomic E-state index is 12.1. The molecule has 1 aromatic heterocycles. The Morgan fingerprint density at radius 3 is 2.38 bits per heavy atom. The number of nitrogens with one attached hydrogen (secondary N) is 1. The normalized spacial score (nSPS) is 14.9. The Hall–Kier alpha value is -1.88. The minimum Gasteiger partial charge on any atom is -0.348 e. The van der Waals surface area contributed by atoms with E-state index in [1.54, 1.807) is 11.3 Å². The molecule has 3 rings (SSSR count). The molecular formula is C19H25N3OS. The number of hydrogen-bond donors (Lipinski definition) is 1. The second-order valence-electron chi connectivity index (χ2n) is 7.38. The molecule has 0 unspecified atom stereocenters. The van der Waals surface area contributed by atoms with Crippen molar-refractivity contribution in [2.75, 3.05) is 23.3 Å². The zero-order valence-corrected chi connectivity index (χ0v) is 15.7. The molecule has 1 saturated heterocycles. The number of benzene rings is 1. The van der Waals surface area contributed by atoms with Crippen LogP contribution in [0.3, 0.4) is 0 Å². The average Bonchev–Trinajstić information content (AvgIpc) is 3.16. The molecule has 0 aliphatic carbocycles. The number of carbonyl (C=O) groups excluding carboxylic acids is 1. The van der Waals surface area contributed by atoms with Gasteiger partial charge in [-0.1, -0.05) is 32.9 Å². The summed E-state index contributed by atoms with van der Waals surface area (Å²) < 4.78 is 0. The Morgan fingerprint density at radius 2 is 1.79 bits per heavy atom. The fourth-order valence-corrected chi connectivity index (χ4v) is 3.71. The topological polar surface area (TPSA) is 45.2 Å². The lowest BCUT2D eigenvalue weighted by molar-refractivity contribution is -0.123. The molecule has 24 heavy (non-hydrogen) atoms. The van der Waals surface area contributed by atoms with Crippen LogP contribution in [0.1, 0.15) is 38.5 Å². The lowest BCUT2D eigenvalue weighted by Gasteiger charge is -2.17. The summed E-state index contributed by atoms with van der Waals surface area (Å²) >= 11 is 1.77. The summed E-state index contributed by atoms with van der Waals surface area (Å²) in [5.74, 6) is 0.0245. The highest BCUT2D eigenvalue weighted by Gasteiger charge is 2.21. The first kappa shape index (κ1) is 17.0. The van der Waals surface area contributed by atoms with Crippen LogP contribution in [0, 0.1) is 12.3 Å². The summed E-state index contributed by atoms with van der Waals surface area (Å²) in [5, 5.41) is 4.09. The van der Waals surface area contributed by atoms with Gasteiger partial charge in [0.1, 0.15) is 0 Å². The number of aryl methyl sites for hydroxylation is 1. The van der Waals surface area contributed by atoms with E-state index in [1.807, 2.05) is 45.0 Å². The predicted molar refractivity (Wildman–Crippen MR) is 102 cm³/mol. The molecule has 128 valence electrons. The third-order valence-corrected chi connectivity index (χ3v) is 5.29. The fraction of sp³-hybridized carbons (Fsp3) is 0.474. The zero-order valence-electron chi connectivity index (χ0n) is 14.8. The van der Waals surface area contributed by atoms with Gasteiger partial charge in [0.25, 0.3) is 0 Å². The first-order valence-electron chi connectivity index (χ1n) is 8.49. The van der Waals surface area contributed by atoms with Gasteiger partial charge in [0.05, 0.1) is 5.69 Å². The van der Waals surface area contributed by atoms with Crippen molar-refractivity contribution in [2.45, 2.75) is 40.5 Å². The molecule has 0 atom stereocenters. The Bertz CT molecular complexity index is 722. The van der Waals surface area contributed by atoms with Gasteiger partial charge in [0.2, 0.25) is 5.91 Å². The zero-order chi connectivity index (χ0) is 17.3. The van der Waals surface area contributed by atoms with Crippen LogP contribution in [0.4, 0.5) is 10.8 Å². The van der Waals surface area contributed by atoms with Crippen molar-refractivity contribution >= 4 is 28.1 Å². The van der Waals surface area contributed by atoms with E-state index in [0.717, 1.165) is 35.2 Å². The summed E-state index contributed by atoms with van der Waals surface area (Å²) in [7, 11) is 0. The highest BCUT2D eigenvalue weighted by Crippen LogP contribution is 2.34. The summed E-state index contributed by atoms with van der Waals surface area (Å²) in [4.78, 5) is 20.5. The number of carbonyl (C=O) groups is 1. The van der Waals surface area contributed by atoms with Crippen LogP contribution in [0.2, 0.25) is 0 Å². The van der Waals surface area contributed by atoms with Crippen LogP contribution in [0.5, 0.6) is 0 Å². The van der Waals surface area contributed by atoms with Gasteiger partial charge in [-0.25, -0.2) is 4.98 Å². The number of nitrogens with zero attached hydrogens (tertiary/aromatic N) is 2. The molecule has 1 aliphatic rings. The second kappa shape index (κ2) is 6.55. The average molecular weight is 343 g/mol. The maximum Gasteiger partial charge on any atom is 0.229 e. The first-order chi connectivity index (χ1) is 11.3. The Kier molecular flexibility index (Phi) is 4.63. The SMILES string of the molecule is Cc1sc(N2CCCC2)nc1-c1ccc(NC(=O)C(C)(C)C)cc1. The maximum atomic E-state index is 12.1. The van der Waals surface area contributed by atoms with Crippen LogP contribution in [0.15, 0.2) is 24.3 Å². The minimum atomic E-state index is -0.394. The molecule has 1 amide bonds. The molecular weight excluding hydrogens is 318 g/mol. The van der Waals surface area contributed by atoms with Crippen molar-refractivity contribution in [2.24, 2.45) is 5.41 Å². The number of amides is 1. The quantitative estimate of drug-likeness (QED) is 0.878. The molecule has 2 heterocycles. The van der Waals surface area contributed by atoms with E-state index >= 15 is 0 Å². The van der Waals surface area contributed by atoms with Crippen LogP contribution in [0.25, 0.3) is 11.3 Å². The number of thiazole rings is 1. The number of rotatable bonds is 3. The molecule has 0 spiro atoms. The molecule has 1 N–H and O–H groups in total. The molecule has 1 fully saturated rings. The fourth-order valence-electron chi connectivity index (χ4n) is 2.72. The van der Waals surface area contributed by atoms with E-state index in [0.29, 0.717) is 0 Å². The molecule has 5 heteroatoms. The Labute approximate surface area is 147 Å². The van der Waals surface area contributed by atoms with Crippen LogP contribution in [-0.4, -0.2) is 24.0 Å². The van der Waals surface area contributed by atoms with E-state index in [2.05, 4.69) is 17.1 Å². The van der Waals surface area contributed by atoms with Gasteiger partial charge in [-0.15, -0.1) is 11.3 Å². The van der Waals surface area contributed by atoms with E-state index < -0.39 is 5.41 Å². The van der Waals surface area contributed by atoms with Gasteiger partial charge in [0, 0.05) is 34.6 Å². The monoisotopic (exact) mass is 343 g/mol. The predicted octanol–water partition coefficient (Wildman–Crippen LogP) is 4.70. The van der Waals surface area contributed by atoms with Gasteiger partial charge in [-0.3, -0.25) is 4.79 Å². The van der Waals surface area contributed by atoms with Crippen LogP contribution in [-0.2, 0) is 4.79 Å². The second-order valence-corrected chi connectivity index (χ2v) is 8.56. The van der Waals surface area contributed by atoms with Crippen molar-refractivity contribution in [1.82, 2.24) is 4.98 Å². The Morgan fingerprint density at radius 1 is 1.17 bits per heavy atom. The highest BCUT2D eigenvalue weighted by atomic mass is 32.1. The molecule has 1 aromatic carbocycles. The molecule has 2 aromatic rings. The van der Waals surface area contributed by atoms with Gasteiger partial charge < -0.3 is 10.2 Å². The van der Waals surface area contributed by atoms with Crippen molar-refractivity contribution in [1.29, 1.82) is 0 Å². The lowest BCUT2D eigenvalue weighted by Crippen LogP contribution is -2.27. The molecule has 4 nitrogen and oxygen atoms in total. The van der Waals surface area contributed by atoms with Crippen molar-refractivity contribution in [3.8, 4) is 11.3 Å². The van der Waals surface area contributed by atoms with Crippen molar-refractivity contribution in [3.05, 3.63) is 29.1 Å². The summed E-state index contributed by atoms with van der Waals surface area (Å²) in [6, 6.07) is 7.97. The van der Waals surface area contributed by atoms with Gasteiger partial charge >= 0.3 is 0 Å². The lowest BCUT2D eigenvalue weighted by atomic mass is 9.95. The van der Waals surface area contributed by atoms with Crippen molar-refractivity contribution in [3.63, 3.8) is 0 Å². The van der Waals surface area contributed by atoms with Gasteiger partial charge in [0.15, 0.2) is 5.13 Å². The first-order valence-corrected chi connectivity index (χ1v) is 9.30. The van der Waals surface area contributed by atoms with E-state index in [9.17, 15) is 4.79 Å². The largest absolute Gasteiger partial charge is 0.348 e. The third-order valence-electron chi connectivity index (χ3n) is 4.26. The molecule has 0 bridgehead atoms. The van der Waals surface area contributed by atoms with Gasteiger partial charge in [-0.05, 0) is 31.9 Å². The minimum absolute atomic E-state index is 0.0245.